The molecule has 1 aliphatic rings. The third-order valence-corrected chi connectivity index (χ3v) is 3.35. The summed E-state index contributed by atoms with van der Waals surface area (Å²) in [6.45, 7) is 3.77. The Hall–Kier alpha value is -0.830. The summed E-state index contributed by atoms with van der Waals surface area (Å²) in [5.41, 5.74) is 0. The highest BCUT2D eigenvalue weighted by Gasteiger charge is 2.25. The van der Waals surface area contributed by atoms with Gasteiger partial charge >= 0.3 is 5.97 Å². The van der Waals surface area contributed by atoms with Crippen molar-refractivity contribution in [1.82, 2.24) is 0 Å². The van der Waals surface area contributed by atoms with Gasteiger partial charge in [0.1, 0.15) is 0 Å². The van der Waals surface area contributed by atoms with Gasteiger partial charge in [-0.15, -0.1) is 6.58 Å². The molecule has 0 saturated heterocycles. The van der Waals surface area contributed by atoms with Crippen molar-refractivity contribution < 1.29 is 15.0 Å². The zero-order valence-electron chi connectivity index (χ0n) is 9.06. The minimum Gasteiger partial charge on any atom is -0.481 e. The summed E-state index contributed by atoms with van der Waals surface area (Å²) in [5, 5.41) is 18.3. The van der Waals surface area contributed by atoms with Crippen LogP contribution in [0, 0.1) is 11.8 Å². The van der Waals surface area contributed by atoms with Crippen LogP contribution in [0.3, 0.4) is 0 Å². The first-order chi connectivity index (χ1) is 7.13. The van der Waals surface area contributed by atoms with E-state index in [0.29, 0.717) is 18.3 Å². The fourth-order valence-corrected chi connectivity index (χ4v) is 2.27. The molecule has 0 radical (unpaired) electrons. The maximum Gasteiger partial charge on any atom is 0.303 e. The first kappa shape index (κ1) is 12.2. The lowest BCUT2D eigenvalue weighted by molar-refractivity contribution is -0.137. The van der Waals surface area contributed by atoms with E-state index in [4.69, 9.17) is 5.11 Å². The van der Waals surface area contributed by atoms with Crippen molar-refractivity contribution in [3.8, 4) is 0 Å². The van der Waals surface area contributed by atoms with Gasteiger partial charge in [-0.25, -0.2) is 0 Å². The van der Waals surface area contributed by atoms with Crippen molar-refractivity contribution in [2.75, 3.05) is 0 Å². The number of carbonyl (C=O) groups is 1. The lowest BCUT2D eigenvalue weighted by Gasteiger charge is -2.29. The summed E-state index contributed by atoms with van der Waals surface area (Å²) in [7, 11) is 0. The average Bonchev–Trinajstić information content (AvgIpc) is 2.26. The Labute approximate surface area is 90.8 Å². The average molecular weight is 212 g/mol. The van der Waals surface area contributed by atoms with Crippen molar-refractivity contribution in [2.45, 2.75) is 44.6 Å². The number of hydrogen-bond donors (Lipinski definition) is 2. The molecule has 0 amide bonds. The molecule has 0 spiro atoms. The van der Waals surface area contributed by atoms with E-state index in [-0.39, 0.29) is 6.42 Å². The number of hydrogen-bond acceptors (Lipinski definition) is 2. The molecule has 2 N–H and O–H groups in total. The van der Waals surface area contributed by atoms with Crippen LogP contribution >= 0.6 is 0 Å². The number of allylic oxidation sites excluding steroid dienone is 1. The zero-order valence-corrected chi connectivity index (χ0v) is 9.06. The Balaban J connectivity index is 2.26. The lowest BCUT2D eigenvalue weighted by Crippen LogP contribution is -2.25. The SMILES string of the molecule is C=CC1CCC(C(O)CCC(=O)O)CC1. The molecule has 1 saturated carbocycles. The summed E-state index contributed by atoms with van der Waals surface area (Å²) >= 11 is 0. The Kier molecular flexibility index (Phi) is 4.82. The van der Waals surface area contributed by atoms with Crippen LogP contribution in [0.4, 0.5) is 0 Å². The molecule has 0 aliphatic heterocycles. The molecule has 0 heterocycles. The molecule has 0 aromatic carbocycles. The number of carboxylic acids is 1. The van der Waals surface area contributed by atoms with E-state index in [0.717, 1.165) is 25.7 Å². The third-order valence-electron chi connectivity index (χ3n) is 3.35. The predicted octanol–water partition coefficient (Wildman–Crippen LogP) is 2.20. The summed E-state index contributed by atoms with van der Waals surface area (Å²) in [5.74, 6) is 0.0577. The van der Waals surface area contributed by atoms with Crippen LogP contribution < -0.4 is 0 Å². The van der Waals surface area contributed by atoms with Gasteiger partial charge in [0, 0.05) is 6.42 Å². The second-order valence-corrected chi connectivity index (χ2v) is 4.41. The van der Waals surface area contributed by atoms with E-state index in [1.807, 2.05) is 6.08 Å². The van der Waals surface area contributed by atoms with Crippen molar-refractivity contribution in [2.24, 2.45) is 11.8 Å². The van der Waals surface area contributed by atoms with E-state index in [9.17, 15) is 9.90 Å². The van der Waals surface area contributed by atoms with E-state index in [1.165, 1.54) is 0 Å². The molecule has 0 aromatic rings. The van der Waals surface area contributed by atoms with E-state index in [1.54, 1.807) is 0 Å². The maximum absolute atomic E-state index is 10.4. The number of rotatable bonds is 5. The largest absolute Gasteiger partial charge is 0.481 e. The number of aliphatic hydroxyl groups excluding tert-OH is 1. The molecule has 1 aliphatic carbocycles. The molecular formula is C12H20O3. The second kappa shape index (κ2) is 5.91. The first-order valence-electron chi connectivity index (χ1n) is 5.66. The van der Waals surface area contributed by atoms with Gasteiger partial charge in [0.2, 0.25) is 0 Å². The van der Waals surface area contributed by atoms with Gasteiger partial charge in [-0.05, 0) is 43.9 Å². The van der Waals surface area contributed by atoms with Crippen LogP contribution in [0.2, 0.25) is 0 Å². The molecule has 0 bridgehead atoms. The Morgan fingerprint density at radius 1 is 1.40 bits per heavy atom. The molecule has 3 nitrogen and oxygen atoms in total. The quantitative estimate of drug-likeness (QED) is 0.687. The first-order valence-corrected chi connectivity index (χ1v) is 5.66. The standard InChI is InChI=1S/C12H20O3/c1-2-9-3-5-10(6-4-9)11(13)7-8-12(14)15/h2,9-11,13H,1,3-8H2,(H,14,15). The van der Waals surface area contributed by atoms with Gasteiger partial charge in [-0.1, -0.05) is 6.08 Å². The summed E-state index contributed by atoms with van der Waals surface area (Å²) in [6.07, 6.45) is 6.17. The highest BCUT2D eigenvalue weighted by molar-refractivity contribution is 5.66. The minimum absolute atomic E-state index is 0.0720. The molecule has 1 unspecified atom stereocenters. The van der Waals surface area contributed by atoms with Gasteiger partial charge in [0.15, 0.2) is 0 Å². The molecule has 86 valence electrons. The molecule has 3 heteroatoms. The van der Waals surface area contributed by atoms with Gasteiger partial charge in [-0.2, -0.15) is 0 Å². The zero-order chi connectivity index (χ0) is 11.3. The van der Waals surface area contributed by atoms with E-state index in [2.05, 4.69) is 6.58 Å². The molecule has 1 rings (SSSR count). The molecular weight excluding hydrogens is 192 g/mol. The predicted molar refractivity (Wildman–Crippen MR) is 58.5 cm³/mol. The molecule has 1 fully saturated rings. The summed E-state index contributed by atoms with van der Waals surface area (Å²) in [4.78, 5) is 10.4. The Morgan fingerprint density at radius 3 is 2.47 bits per heavy atom. The van der Waals surface area contributed by atoms with E-state index < -0.39 is 12.1 Å². The van der Waals surface area contributed by atoms with Crippen LogP contribution in [0.5, 0.6) is 0 Å². The minimum atomic E-state index is -0.825. The highest BCUT2D eigenvalue weighted by atomic mass is 16.4. The number of aliphatic carboxylic acids is 1. The van der Waals surface area contributed by atoms with Crippen LogP contribution in [-0.4, -0.2) is 22.3 Å². The monoisotopic (exact) mass is 212 g/mol. The topological polar surface area (TPSA) is 57.5 Å². The fraction of sp³-hybridized carbons (Fsp3) is 0.750. The highest BCUT2D eigenvalue weighted by Crippen LogP contribution is 2.32. The molecule has 15 heavy (non-hydrogen) atoms. The Bertz CT molecular complexity index is 217. The number of carboxylic acid groups (broad SMARTS) is 1. The summed E-state index contributed by atoms with van der Waals surface area (Å²) in [6, 6.07) is 0. The van der Waals surface area contributed by atoms with Crippen LogP contribution in [0.15, 0.2) is 12.7 Å². The van der Waals surface area contributed by atoms with Gasteiger partial charge in [0.25, 0.3) is 0 Å². The van der Waals surface area contributed by atoms with Crippen molar-refractivity contribution in [1.29, 1.82) is 0 Å². The number of aliphatic hydroxyl groups is 1. The second-order valence-electron chi connectivity index (χ2n) is 4.41. The van der Waals surface area contributed by atoms with Crippen molar-refractivity contribution in [3.63, 3.8) is 0 Å². The fourth-order valence-electron chi connectivity index (χ4n) is 2.27. The van der Waals surface area contributed by atoms with Gasteiger partial charge in [0.05, 0.1) is 6.10 Å². The third kappa shape index (κ3) is 4.04. The van der Waals surface area contributed by atoms with E-state index >= 15 is 0 Å². The van der Waals surface area contributed by atoms with Crippen LogP contribution in [0.25, 0.3) is 0 Å². The Morgan fingerprint density at radius 2 is 2.00 bits per heavy atom. The lowest BCUT2D eigenvalue weighted by atomic mass is 9.78. The normalized spacial score (nSPS) is 28.3. The van der Waals surface area contributed by atoms with Gasteiger partial charge in [-0.3, -0.25) is 4.79 Å². The smallest absolute Gasteiger partial charge is 0.303 e. The van der Waals surface area contributed by atoms with Crippen LogP contribution in [-0.2, 0) is 4.79 Å². The summed E-state index contributed by atoms with van der Waals surface area (Å²) < 4.78 is 0. The molecule has 1 atom stereocenters. The molecule has 0 aromatic heterocycles. The van der Waals surface area contributed by atoms with Crippen molar-refractivity contribution in [3.05, 3.63) is 12.7 Å². The van der Waals surface area contributed by atoms with Crippen LogP contribution in [0.1, 0.15) is 38.5 Å². The van der Waals surface area contributed by atoms with Gasteiger partial charge < -0.3 is 10.2 Å². The maximum atomic E-state index is 10.4. The van der Waals surface area contributed by atoms with Crippen molar-refractivity contribution >= 4 is 5.97 Å².